The first-order valence-electron chi connectivity index (χ1n) is 10.9. The van der Waals surface area contributed by atoms with Crippen molar-refractivity contribution >= 4 is 44.4 Å². The Bertz CT molecular complexity index is 1260. The van der Waals surface area contributed by atoms with Gasteiger partial charge in [0.2, 0.25) is 15.9 Å². The number of carbonyl (C=O) groups excluding carboxylic acids is 1. The topological polar surface area (TPSA) is 93.5 Å². The summed E-state index contributed by atoms with van der Waals surface area (Å²) in [6.45, 7) is 8.09. The van der Waals surface area contributed by atoms with Gasteiger partial charge in [0.15, 0.2) is 5.16 Å². The van der Waals surface area contributed by atoms with E-state index < -0.39 is 10.0 Å². The van der Waals surface area contributed by atoms with Gasteiger partial charge >= 0.3 is 0 Å². The maximum Gasteiger partial charge on any atom is 0.243 e. The minimum Gasteiger partial charge on any atom is -0.379 e. The fourth-order valence-electron chi connectivity index (χ4n) is 3.92. The number of hydrogen-bond donors (Lipinski definition) is 1. The number of morpholine rings is 1. The lowest BCUT2D eigenvalue weighted by molar-refractivity contribution is -0.113. The molecule has 1 fully saturated rings. The lowest BCUT2D eigenvalue weighted by Gasteiger charge is -2.26. The van der Waals surface area contributed by atoms with Crippen LogP contribution in [-0.4, -0.2) is 60.2 Å². The van der Waals surface area contributed by atoms with Gasteiger partial charge in [-0.1, -0.05) is 30.0 Å². The number of benzene rings is 2. The van der Waals surface area contributed by atoms with Crippen LogP contribution in [0.2, 0.25) is 0 Å². The van der Waals surface area contributed by atoms with E-state index in [0.717, 1.165) is 22.3 Å². The Labute approximate surface area is 198 Å². The molecule has 1 aliphatic rings. The van der Waals surface area contributed by atoms with E-state index in [1.165, 1.54) is 16.1 Å². The van der Waals surface area contributed by atoms with Crippen molar-refractivity contribution < 1.29 is 17.9 Å². The Balaban J connectivity index is 1.54. The lowest BCUT2D eigenvalue weighted by atomic mass is 10.1. The normalized spacial score (nSPS) is 15.1. The minimum absolute atomic E-state index is 0.109. The Morgan fingerprint density at radius 1 is 1.15 bits per heavy atom. The monoisotopic (exact) mass is 488 g/mol. The molecule has 0 spiro atoms. The van der Waals surface area contributed by atoms with Crippen LogP contribution in [0, 0.1) is 13.8 Å². The highest BCUT2D eigenvalue weighted by Gasteiger charge is 2.27. The summed E-state index contributed by atoms with van der Waals surface area (Å²) in [5, 5.41) is 3.68. The first kappa shape index (κ1) is 23.7. The van der Waals surface area contributed by atoms with Crippen molar-refractivity contribution in [1.29, 1.82) is 0 Å². The quantitative estimate of drug-likeness (QED) is 0.512. The summed E-state index contributed by atoms with van der Waals surface area (Å²) in [6.07, 6.45) is 0. The number of imidazole rings is 1. The number of fused-ring (bicyclic) bond motifs is 1. The molecule has 176 valence electrons. The van der Waals surface area contributed by atoms with Crippen LogP contribution in [0.1, 0.15) is 18.1 Å². The molecule has 1 N–H and O–H groups in total. The molecule has 1 amide bonds. The molecule has 33 heavy (non-hydrogen) atoms. The number of nitrogens with zero attached hydrogens (tertiary/aromatic N) is 3. The second-order valence-corrected chi connectivity index (χ2v) is 10.8. The number of amides is 1. The third-order valence-corrected chi connectivity index (χ3v) is 8.56. The van der Waals surface area contributed by atoms with E-state index in [1.807, 2.05) is 43.5 Å². The summed E-state index contributed by atoms with van der Waals surface area (Å²) in [5.41, 5.74) is 4.32. The molecule has 0 radical (unpaired) electrons. The number of ether oxygens (including phenoxy) is 1. The molecular weight excluding hydrogens is 460 g/mol. The van der Waals surface area contributed by atoms with Crippen LogP contribution in [0.3, 0.4) is 0 Å². The second-order valence-electron chi connectivity index (χ2n) is 7.91. The number of para-hydroxylation sites is 1. The smallest absolute Gasteiger partial charge is 0.243 e. The van der Waals surface area contributed by atoms with Gasteiger partial charge in [0.25, 0.3) is 0 Å². The number of anilines is 1. The number of carbonyl (C=O) groups is 1. The first-order valence-corrected chi connectivity index (χ1v) is 13.3. The number of thioether (sulfide) groups is 1. The third-order valence-electron chi connectivity index (χ3n) is 5.69. The van der Waals surface area contributed by atoms with Crippen LogP contribution in [0.4, 0.5) is 5.69 Å². The van der Waals surface area contributed by atoms with E-state index >= 15 is 0 Å². The maximum atomic E-state index is 13.0. The van der Waals surface area contributed by atoms with Crippen LogP contribution >= 0.6 is 11.8 Å². The zero-order valence-electron chi connectivity index (χ0n) is 19.0. The Kier molecular flexibility index (Phi) is 7.08. The molecule has 4 rings (SSSR count). The molecule has 2 aromatic carbocycles. The highest BCUT2D eigenvalue weighted by molar-refractivity contribution is 7.99. The van der Waals surface area contributed by atoms with E-state index in [9.17, 15) is 13.2 Å². The van der Waals surface area contributed by atoms with Crippen LogP contribution < -0.4 is 5.32 Å². The maximum absolute atomic E-state index is 13.0. The summed E-state index contributed by atoms with van der Waals surface area (Å²) in [7, 11) is -3.60. The van der Waals surface area contributed by atoms with Gasteiger partial charge in [0.05, 0.1) is 34.9 Å². The third kappa shape index (κ3) is 4.93. The van der Waals surface area contributed by atoms with Gasteiger partial charge in [-0.25, -0.2) is 13.4 Å². The molecule has 2 heterocycles. The molecule has 0 aliphatic carbocycles. The largest absolute Gasteiger partial charge is 0.379 e. The van der Waals surface area contributed by atoms with Gasteiger partial charge in [-0.05, 0) is 50.1 Å². The van der Waals surface area contributed by atoms with Crippen molar-refractivity contribution in [2.45, 2.75) is 37.4 Å². The first-order chi connectivity index (χ1) is 15.8. The van der Waals surface area contributed by atoms with E-state index in [-0.39, 0.29) is 16.6 Å². The zero-order valence-corrected chi connectivity index (χ0v) is 20.6. The molecular formula is C23H28N4O4S2. The summed E-state index contributed by atoms with van der Waals surface area (Å²) >= 11 is 1.34. The number of rotatable bonds is 7. The molecule has 0 saturated carbocycles. The van der Waals surface area contributed by atoms with Gasteiger partial charge in [-0.15, -0.1) is 0 Å². The SMILES string of the molecule is CCn1c(SCC(=O)Nc2c(C)cccc2C)nc2cc(S(=O)(=O)N3CCOCC3)ccc21. The number of hydrogen-bond acceptors (Lipinski definition) is 6. The number of sulfonamides is 1. The van der Waals surface area contributed by atoms with E-state index in [4.69, 9.17) is 4.74 Å². The summed E-state index contributed by atoms with van der Waals surface area (Å²) < 4.78 is 34.7. The van der Waals surface area contributed by atoms with Crippen molar-refractivity contribution in [2.75, 3.05) is 37.4 Å². The Morgan fingerprint density at radius 3 is 2.52 bits per heavy atom. The average molecular weight is 489 g/mol. The van der Waals surface area contributed by atoms with Crippen LogP contribution in [0.25, 0.3) is 11.0 Å². The van der Waals surface area contributed by atoms with Gasteiger partial charge in [-0.3, -0.25) is 4.79 Å². The van der Waals surface area contributed by atoms with Crippen molar-refractivity contribution in [3.05, 3.63) is 47.5 Å². The van der Waals surface area contributed by atoms with E-state index in [0.29, 0.717) is 43.5 Å². The second kappa shape index (κ2) is 9.84. The zero-order chi connectivity index (χ0) is 23.6. The van der Waals surface area contributed by atoms with Crippen LogP contribution in [-0.2, 0) is 26.1 Å². The Hall–Kier alpha value is -2.40. The van der Waals surface area contributed by atoms with Gasteiger partial charge in [0, 0.05) is 25.3 Å². The van der Waals surface area contributed by atoms with Crippen molar-refractivity contribution in [3.63, 3.8) is 0 Å². The molecule has 1 aliphatic heterocycles. The molecule has 10 heteroatoms. The predicted molar refractivity (Wildman–Crippen MR) is 130 cm³/mol. The highest BCUT2D eigenvalue weighted by Crippen LogP contribution is 2.28. The summed E-state index contributed by atoms with van der Waals surface area (Å²) in [6, 6.07) is 10.9. The predicted octanol–water partition coefficient (Wildman–Crippen LogP) is 3.42. The standard InChI is InChI=1S/C23H28N4O4S2/c1-4-27-20-9-8-18(33(29,30)26-10-12-31-13-11-26)14-19(20)24-23(27)32-15-21(28)25-22-16(2)6-5-7-17(22)3/h5-9,14H,4,10-13,15H2,1-3H3,(H,25,28). The van der Waals surface area contributed by atoms with Gasteiger partial charge in [0.1, 0.15) is 0 Å². The highest BCUT2D eigenvalue weighted by atomic mass is 32.2. The fourth-order valence-corrected chi connectivity index (χ4v) is 6.22. The average Bonchev–Trinajstić information content (AvgIpc) is 3.17. The van der Waals surface area contributed by atoms with Gasteiger partial charge in [-0.2, -0.15) is 4.31 Å². The van der Waals surface area contributed by atoms with Crippen LogP contribution in [0.5, 0.6) is 0 Å². The van der Waals surface area contributed by atoms with Crippen molar-refractivity contribution in [2.24, 2.45) is 0 Å². The van der Waals surface area contributed by atoms with Crippen LogP contribution in [0.15, 0.2) is 46.5 Å². The van der Waals surface area contributed by atoms with Gasteiger partial charge < -0.3 is 14.6 Å². The Morgan fingerprint density at radius 2 is 1.85 bits per heavy atom. The number of aromatic nitrogens is 2. The minimum atomic E-state index is -3.60. The molecule has 3 aromatic rings. The number of nitrogens with one attached hydrogen (secondary N) is 1. The van der Waals surface area contributed by atoms with Crippen molar-refractivity contribution in [3.8, 4) is 0 Å². The molecule has 1 saturated heterocycles. The molecule has 0 atom stereocenters. The molecule has 8 nitrogen and oxygen atoms in total. The summed E-state index contributed by atoms with van der Waals surface area (Å²) in [5.74, 6) is 0.0958. The van der Waals surface area contributed by atoms with E-state index in [2.05, 4.69) is 10.3 Å². The van der Waals surface area contributed by atoms with Crippen molar-refractivity contribution in [1.82, 2.24) is 13.9 Å². The number of aryl methyl sites for hydroxylation is 3. The molecule has 1 aromatic heterocycles. The molecule has 0 unspecified atom stereocenters. The van der Waals surface area contributed by atoms with E-state index in [1.54, 1.807) is 18.2 Å². The summed E-state index contributed by atoms with van der Waals surface area (Å²) in [4.78, 5) is 17.5. The lowest BCUT2D eigenvalue weighted by Crippen LogP contribution is -2.40. The molecule has 0 bridgehead atoms. The fraction of sp³-hybridized carbons (Fsp3) is 0.391.